The Kier molecular flexibility index (Phi) is 5.49. The molecule has 1 atom stereocenters. The van der Waals surface area contributed by atoms with Crippen LogP contribution in [0.5, 0.6) is 17.2 Å². The highest BCUT2D eigenvalue weighted by molar-refractivity contribution is 5.94. The molecule has 0 aliphatic carbocycles. The van der Waals surface area contributed by atoms with Gasteiger partial charge >= 0.3 is 0 Å². The van der Waals surface area contributed by atoms with E-state index >= 15 is 0 Å². The number of halogens is 1. The number of anilines is 1. The van der Waals surface area contributed by atoms with Crippen LogP contribution >= 0.6 is 0 Å². The van der Waals surface area contributed by atoms with Crippen LogP contribution in [-0.2, 0) is 4.79 Å². The molecule has 5 heteroatoms. The molecule has 3 aromatic carbocycles. The van der Waals surface area contributed by atoms with E-state index in [0.717, 1.165) is 5.75 Å². The van der Waals surface area contributed by atoms with E-state index in [1.165, 1.54) is 12.1 Å². The van der Waals surface area contributed by atoms with Crippen LogP contribution in [0.15, 0.2) is 78.9 Å². The molecule has 1 unspecified atom stereocenters. The molecule has 0 heterocycles. The van der Waals surface area contributed by atoms with Crippen LogP contribution in [0.1, 0.15) is 6.92 Å². The van der Waals surface area contributed by atoms with Crippen molar-refractivity contribution in [2.75, 3.05) is 5.32 Å². The number of para-hydroxylation sites is 2. The Morgan fingerprint density at radius 1 is 0.846 bits per heavy atom. The molecule has 0 saturated heterocycles. The van der Waals surface area contributed by atoms with Gasteiger partial charge in [0.05, 0.1) is 5.69 Å². The largest absolute Gasteiger partial charge is 0.481 e. The molecule has 1 amide bonds. The summed E-state index contributed by atoms with van der Waals surface area (Å²) in [5, 5.41) is 2.51. The summed E-state index contributed by atoms with van der Waals surface area (Å²) in [6.07, 6.45) is -0.782. The van der Waals surface area contributed by atoms with Crippen LogP contribution in [0, 0.1) is 5.82 Å². The number of amides is 1. The fraction of sp³-hybridized carbons (Fsp3) is 0.0952. The molecule has 0 fully saturated rings. The minimum atomic E-state index is -0.782. The van der Waals surface area contributed by atoms with Crippen molar-refractivity contribution >= 4 is 11.6 Å². The second kappa shape index (κ2) is 8.16. The van der Waals surface area contributed by atoms with Crippen LogP contribution in [0.25, 0.3) is 0 Å². The van der Waals surface area contributed by atoms with Crippen LogP contribution < -0.4 is 14.8 Å². The van der Waals surface area contributed by atoms with Gasteiger partial charge in [-0.3, -0.25) is 4.79 Å². The van der Waals surface area contributed by atoms with Gasteiger partial charge in [-0.15, -0.1) is 0 Å². The van der Waals surface area contributed by atoms with Crippen molar-refractivity contribution in [3.8, 4) is 17.2 Å². The summed E-state index contributed by atoms with van der Waals surface area (Å²) >= 11 is 0. The van der Waals surface area contributed by atoms with E-state index in [4.69, 9.17) is 9.47 Å². The molecule has 26 heavy (non-hydrogen) atoms. The predicted molar refractivity (Wildman–Crippen MR) is 98.1 cm³/mol. The standard InChI is InChI=1S/C21H18FNO3/c1-15(21(24)23-20-10-6-5-9-19(20)22)25-17-11-13-18(14-12-17)26-16-7-3-2-4-8-16/h2-15H,1H3,(H,23,24). The highest BCUT2D eigenvalue weighted by Crippen LogP contribution is 2.24. The summed E-state index contributed by atoms with van der Waals surface area (Å²) < 4.78 is 24.9. The molecular weight excluding hydrogens is 333 g/mol. The van der Waals surface area contributed by atoms with Crippen molar-refractivity contribution in [2.45, 2.75) is 13.0 Å². The maximum Gasteiger partial charge on any atom is 0.265 e. The average Bonchev–Trinajstić information content (AvgIpc) is 2.66. The van der Waals surface area contributed by atoms with E-state index in [9.17, 15) is 9.18 Å². The monoisotopic (exact) mass is 351 g/mol. The maximum atomic E-state index is 13.6. The van der Waals surface area contributed by atoms with Crippen LogP contribution in [0.3, 0.4) is 0 Å². The van der Waals surface area contributed by atoms with E-state index in [2.05, 4.69) is 5.32 Å². The molecule has 0 saturated carbocycles. The molecule has 0 radical (unpaired) electrons. The van der Waals surface area contributed by atoms with E-state index in [0.29, 0.717) is 11.5 Å². The molecule has 1 N–H and O–H groups in total. The van der Waals surface area contributed by atoms with Gasteiger partial charge in [0, 0.05) is 0 Å². The predicted octanol–water partition coefficient (Wildman–Crippen LogP) is 5.02. The number of ether oxygens (including phenoxy) is 2. The number of rotatable bonds is 6. The number of nitrogens with one attached hydrogen (secondary N) is 1. The lowest BCUT2D eigenvalue weighted by molar-refractivity contribution is -0.122. The first-order valence-corrected chi connectivity index (χ1v) is 8.17. The first-order valence-electron chi connectivity index (χ1n) is 8.17. The molecule has 0 bridgehead atoms. The van der Waals surface area contributed by atoms with Crippen molar-refractivity contribution in [1.82, 2.24) is 0 Å². The molecule has 3 aromatic rings. The molecule has 0 aromatic heterocycles. The minimum absolute atomic E-state index is 0.125. The molecule has 0 aliphatic heterocycles. The van der Waals surface area contributed by atoms with E-state index in [-0.39, 0.29) is 5.69 Å². The molecular formula is C21H18FNO3. The lowest BCUT2D eigenvalue weighted by Gasteiger charge is -2.15. The Morgan fingerprint density at radius 3 is 2.12 bits per heavy atom. The minimum Gasteiger partial charge on any atom is -0.481 e. The van der Waals surface area contributed by atoms with Gasteiger partial charge < -0.3 is 14.8 Å². The Bertz CT molecular complexity index is 866. The molecule has 3 rings (SSSR count). The maximum absolute atomic E-state index is 13.6. The quantitative estimate of drug-likeness (QED) is 0.678. The third kappa shape index (κ3) is 4.60. The Labute approximate surface area is 151 Å². The fourth-order valence-electron chi connectivity index (χ4n) is 2.27. The molecule has 132 valence electrons. The third-order valence-electron chi connectivity index (χ3n) is 3.62. The molecule has 4 nitrogen and oxygen atoms in total. The van der Waals surface area contributed by atoms with Gasteiger partial charge in [0.15, 0.2) is 6.10 Å². The number of hydrogen-bond donors (Lipinski definition) is 1. The third-order valence-corrected chi connectivity index (χ3v) is 3.62. The van der Waals surface area contributed by atoms with Gasteiger partial charge in [-0.1, -0.05) is 30.3 Å². The van der Waals surface area contributed by atoms with Crippen molar-refractivity contribution in [3.63, 3.8) is 0 Å². The smallest absolute Gasteiger partial charge is 0.265 e. The van der Waals surface area contributed by atoms with E-state index in [1.54, 1.807) is 43.3 Å². The normalized spacial score (nSPS) is 11.5. The van der Waals surface area contributed by atoms with Gasteiger partial charge in [-0.25, -0.2) is 4.39 Å². The van der Waals surface area contributed by atoms with Crippen molar-refractivity contribution in [1.29, 1.82) is 0 Å². The summed E-state index contributed by atoms with van der Waals surface area (Å²) in [6, 6.07) is 22.3. The zero-order chi connectivity index (χ0) is 18.4. The summed E-state index contributed by atoms with van der Waals surface area (Å²) in [5.41, 5.74) is 0.125. The lowest BCUT2D eigenvalue weighted by atomic mass is 10.2. The summed E-state index contributed by atoms with van der Waals surface area (Å²) in [4.78, 5) is 12.1. The van der Waals surface area contributed by atoms with Gasteiger partial charge in [0.25, 0.3) is 5.91 Å². The zero-order valence-electron chi connectivity index (χ0n) is 14.2. The summed E-state index contributed by atoms with van der Waals surface area (Å²) in [7, 11) is 0. The second-order valence-corrected chi connectivity index (χ2v) is 5.62. The van der Waals surface area contributed by atoms with Crippen LogP contribution in [-0.4, -0.2) is 12.0 Å². The topological polar surface area (TPSA) is 47.6 Å². The lowest BCUT2D eigenvalue weighted by Crippen LogP contribution is -2.30. The van der Waals surface area contributed by atoms with Crippen LogP contribution in [0.2, 0.25) is 0 Å². The van der Waals surface area contributed by atoms with E-state index < -0.39 is 17.8 Å². The van der Waals surface area contributed by atoms with Gasteiger partial charge in [-0.2, -0.15) is 0 Å². The van der Waals surface area contributed by atoms with Gasteiger partial charge in [-0.05, 0) is 55.5 Å². The SMILES string of the molecule is CC(Oc1ccc(Oc2ccccc2)cc1)C(=O)Nc1ccccc1F. The fourth-order valence-corrected chi connectivity index (χ4v) is 2.27. The van der Waals surface area contributed by atoms with Gasteiger partial charge in [0.1, 0.15) is 23.1 Å². The van der Waals surface area contributed by atoms with E-state index in [1.807, 2.05) is 30.3 Å². The Morgan fingerprint density at radius 2 is 1.42 bits per heavy atom. The van der Waals surface area contributed by atoms with Crippen LogP contribution in [0.4, 0.5) is 10.1 Å². The highest BCUT2D eigenvalue weighted by Gasteiger charge is 2.16. The number of carbonyl (C=O) groups is 1. The second-order valence-electron chi connectivity index (χ2n) is 5.62. The van der Waals surface area contributed by atoms with Gasteiger partial charge in [0.2, 0.25) is 0 Å². The number of hydrogen-bond acceptors (Lipinski definition) is 3. The molecule has 0 spiro atoms. The highest BCUT2D eigenvalue weighted by atomic mass is 19.1. The molecule has 0 aliphatic rings. The summed E-state index contributed by atoms with van der Waals surface area (Å²) in [6.45, 7) is 1.60. The van der Waals surface area contributed by atoms with Crippen molar-refractivity contribution < 1.29 is 18.7 Å². The Balaban J connectivity index is 1.58. The first-order chi connectivity index (χ1) is 12.6. The first kappa shape index (κ1) is 17.5. The summed E-state index contributed by atoms with van der Waals surface area (Å²) in [5.74, 6) is 0.989. The average molecular weight is 351 g/mol. The van der Waals surface area contributed by atoms with Crippen molar-refractivity contribution in [2.24, 2.45) is 0 Å². The Hall–Kier alpha value is -3.34. The number of carbonyl (C=O) groups excluding carboxylic acids is 1. The van der Waals surface area contributed by atoms with Crippen molar-refractivity contribution in [3.05, 3.63) is 84.7 Å². The zero-order valence-corrected chi connectivity index (χ0v) is 14.2. The number of benzene rings is 3.